The molecule has 0 aliphatic heterocycles. The molecule has 1 aliphatic carbocycles. The Morgan fingerprint density at radius 3 is 2.79 bits per heavy atom. The first-order valence-corrected chi connectivity index (χ1v) is 6.79. The molecule has 5 heteroatoms. The number of nitrogens with two attached hydrogens (primary N) is 1. The predicted octanol–water partition coefficient (Wildman–Crippen LogP) is 2.69. The minimum atomic E-state index is -0.376. The zero-order valence-electron chi connectivity index (χ0n) is 11.0. The molecule has 2 rings (SSSR count). The van der Waals surface area contributed by atoms with Crippen LogP contribution in [0.2, 0.25) is 0 Å². The second-order valence-electron chi connectivity index (χ2n) is 5.16. The predicted molar refractivity (Wildman–Crippen MR) is 78.9 cm³/mol. The normalized spacial score (nSPS) is 16.1. The molecule has 1 saturated carbocycles. The van der Waals surface area contributed by atoms with Gasteiger partial charge in [-0.2, -0.15) is 0 Å². The SMILES string of the molecule is COCCC1(CNc2ccc(C(N)=S)c(F)c2)CC1. The smallest absolute Gasteiger partial charge is 0.135 e. The molecule has 0 radical (unpaired) electrons. The third-order valence-electron chi connectivity index (χ3n) is 3.70. The maximum Gasteiger partial charge on any atom is 0.135 e. The Kier molecular flexibility index (Phi) is 4.37. The lowest BCUT2D eigenvalue weighted by Crippen LogP contribution is -2.18. The Balaban J connectivity index is 1.93. The lowest BCUT2D eigenvalue weighted by Gasteiger charge is -2.16. The number of halogens is 1. The van der Waals surface area contributed by atoms with Crippen molar-refractivity contribution >= 4 is 22.9 Å². The average Bonchev–Trinajstić information content (AvgIpc) is 3.14. The van der Waals surface area contributed by atoms with Gasteiger partial charge in [-0.3, -0.25) is 0 Å². The van der Waals surface area contributed by atoms with Crippen molar-refractivity contribution < 1.29 is 9.13 Å². The molecule has 0 aromatic heterocycles. The van der Waals surface area contributed by atoms with Crippen molar-refractivity contribution in [2.75, 3.05) is 25.6 Å². The Labute approximate surface area is 118 Å². The van der Waals surface area contributed by atoms with Gasteiger partial charge in [-0.1, -0.05) is 12.2 Å². The third-order valence-corrected chi connectivity index (χ3v) is 3.92. The molecule has 1 aliphatic rings. The number of thiocarbonyl (C=S) groups is 1. The van der Waals surface area contributed by atoms with E-state index in [0.717, 1.165) is 25.3 Å². The highest BCUT2D eigenvalue weighted by atomic mass is 32.1. The fourth-order valence-corrected chi connectivity index (χ4v) is 2.29. The second kappa shape index (κ2) is 5.84. The fraction of sp³-hybridized carbons (Fsp3) is 0.500. The molecule has 0 heterocycles. The summed E-state index contributed by atoms with van der Waals surface area (Å²) in [6, 6.07) is 4.87. The number of nitrogens with one attached hydrogen (secondary N) is 1. The van der Waals surface area contributed by atoms with Crippen molar-refractivity contribution in [1.82, 2.24) is 0 Å². The fourth-order valence-electron chi connectivity index (χ4n) is 2.12. The van der Waals surface area contributed by atoms with Crippen molar-refractivity contribution in [2.45, 2.75) is 19.3 Å². The minimum absolute atomic E-state index is 0.0859. The van der Waals surface area contributed by atoms with Crippen molar-refractivity contribution in [3.8, 4) is 0 Å². The van der Waals surface area contributed by atoms with E-state index in [0.29, 0.717) is 11.0 Å². The molecule has 1 aromatic rings. The van der Waals surface area contributed by atoms with Crippen LogP contribution < -0.4 is 11.1 Å². The van der Waals surface area contributed by atoms with Crippen LogP contribution in [-0.2, 0) is 4.74 Å². The molecule has 1 aromatic carbocycles. The van der Waals surface area contributed by atoms with E-state index in [-0.39, 0.29) is 10.8 Å². The first kappa shape index (κ1) is 14.2. The van der Waals surface area contributed by atoms with Gasteiger partial charge in [0.25, 0.3) is 0 Å². The summed E-state index contributed by atoms with van der Waals surface area (Å²) >= 11 is 4.78. The third kappa shape index (κ3) is 3.64. The lowest BCUT2D eigenvalue weighted by molar-refractivity contribution is 0.175. The molecule has 19 heavy (non-hydrogen) atoms. The molecule has 3 N–H and O–H groups in total. The number of hydrogen-bond acceptors (Lipinski definition) is 3. The molecule has 0 spiro atoms. The van der Waals surface area contributed by atoms with E-state index in [4.69, 9.17) is 22.7 Å². The standard InChI is InChI=1S/C14H19FN2OS/c1-18-7-6-14(4-5-14)9-17-10-2-3-11(13(16)19)12(15)8-10/h2-3,8,17H,4-7,9H2,1H3,(H2,16,19). The topological polar surface area (TPSA) is 47.3 Å². The van der Waals surface area contributed by atoms with Crippen LogP contribution in [0.1, 0.15) is 24.8 Å². The molecule has 0 atom stereocenters. The Morgan fingerprint density at radius 2 is 2.26 bits per heavy atom. The van der Waals surface area contributed by atoms with Gasteiger partial charge in [-0.05, 0) is 42.9 Å². The quantitative estimate of drug-likeness (QED) is 0.755. The van der Waals surface area contributed by atoms with E-state index in [1.807, 2.05) is 6.07 Å². The van der Waals surface area contributed by atoms with Crippen LogP contribution in [0.4, 0.5) is 10.1 Å². The van der Waals surface area contributed by atoms with Gasteiger partial charge >= 0.3 is 0 Å². The second-order valence-corrected chi connectivity index (χ2v) is 5.60. The maximum absolute atomic E-state index is 13.7. The van der Waals surface area contributed by atoms with Gasteiger partial charge in [-0.15, -0.1) is 0 Å². The lowest BCUT2D eigenvalue weighted by atomic mass is 10.0. The van der Waals surface area contributed by atoms with Gasteiger partial charge in [0.15, 0.2) is 0 Å². The summed E-state index contributed by atoms with van der Waals surface area (Å²) in [6.45, 7) is 1.62. The molecule has 3 nitrogen and oxygen atoms in total. The highest BCUT2D eigenvalue weighted by molar-refractivity contribution is 7.80. The zero-order chi connectivity index (χ0) is 13.9. The average molecular weight is 282 g/mol. The van der Waals surface area contributed by atoms with Crippen molar-refractivity contribution in [3.63, 3.8) is 0 Å². The van der Waals surface area contributed by atoms with E-state index in [1.165, 1.54) is 18.9 Å². The van der Waals surface area contributed by atoms with E-state index in [2.05, 4.69) is 5.32 Å². The van der Waals surface area contributed by atoms with E-state index < -0.39 is 0 Å². The molecule has 0 saturated heterocycles. The number of benzene rings is 1. The summed E-state index contributed by atoms with van der Waals surface area (Å²) in [6.07, 6.45) is 3.46. The van der Waals surface area contributed by atoms with Crippen LogP contribution in [0.3, 0.4) is 0 Å². The van der Waals surface area contributed by atoms with Crippen LogP contribution >= 0.6 is 12.2 Å². The van der Waals surface area contributed by atoms with Gasteiger partial charge in [0, 0.05) is 31.5 Å². The molecule has 0 amide bonds. The van der Waals surface area contributed by atoms with E-state index >= 15 is 0 Å². The van der Waals surface area contributed by atoms with E-state index in [1.54, 1.807) is 13.2 Å². The highest BCUT2D eigenvalue weighted by Gasteiger charge is 2.41. The van der Waals surface area contributed by atoms with Crippen LogP contribution in [-0.4, -0.2) is 25.2 Å². The first-order valence-electron chi connectivity index (χ1n) is 6.38. The first-order chi connectivity index (χ1) is 9.06. The highest BCUT2D eigenvalue weighted by Crippen LogP contribution is 2.48. The zero-order valence-corrected chi connectivity index (χ0v) is 11.9. The number of ether oxygens (including phenoxy) is 1. The summed E-state index contributed by atoms with van der Waals surface area (Å²) in [7, 11) is 1.72. The summed E-state index contributed by atoms with van der Waals surface area (Å²) in [5.41, 5.74) is 6.82. The van der Waals surface area contributed by atoms with E-state index in [9.17, 15) is 4.39 Å². The Bertz CT molecular complexity index is 475. The van der Waals surface area contributed by atoms with Gasteiger partial charge in [-0.25, -0.2) is 4.39 Å². The summed E-state index contributed by atoms with van der Waals surface area (Å²) < 4.78 is 18.8. The summed E-state index contributed by atoms with van der Waals surface area (Å²) in [5, 5.41) is 3.28. The van der Waals surface area contributed by atoms with Crippen LogP contribution in [0.5, 0.6) is 0 Å². The molecule has 0 bridgehead atoms. The molecular formula is C14H19FN2OS. The largest absolute Gasteiger partial charge is 0.389 e. The van der Waals surface area contributed by atoms with Crippen molar-refractivity contribution in [3.05, 3.63) is 29.6 Å². The van der Waals surface area contributed by atoms with Crippen LogP contribution in [0.25, 0.3) is 0 Å². The number of methoxy groups -OCH3 is 1. The number of rotatable bonds is 7. The van der Waals surface area contributed by atoms with Crippen LogP contribution in [0.15, 0.2) is 18.2 Å². The molecular weight excluding hydrogens is 263 g/mol. The summed E-state index contributed by atoms with van der Waals surface area (Å²) in [4.78, 5) is 0.0859. The molecule has 1 fully saturated rings. The summed E-state index contributed by atoms with van der Waals surface area (Å²) in [5.74, 6) is -0.376. The van der Waals surface area contributed by atoms with Gasteiger partial charge < -0.3 is 15.8 Å². The Morgan fingerprint density at radius 1 is 1.53 bits per heavy atom. The van der Waals surface area contributed by atoms with Crippen molar-refractivity contribution in [2.24, 2.45) is 11.1 Å². The Hall–Kier alpha value is -1.20. The van der Waals surface area contributed by atoms with Crippen molar-refractivity contribution in [1.29, 1.82) is 0 Å². The maximum atomic E-state index is 13.7. The monoisotopic (exact) mass is 282 g/mol. The van der Waals surface area contributed by atoms with Gasteiger partial charge in [0.2, 0.25) is 0 Å². The van der Waals surface area contributed by atoms with Gasteiger partial charge in [0.1, 0.15) is 10.8 Å². The molecule has 0 unspecified atom stereocenters. The minimum Gasteiger partial charge on any atom is -0.389 e. The van der Waals surface area contributed by atoms with Crippen LogP contribution in [0, 0.1) is 11.2 Å². The molecule has 104 valence electrons. The van der Waals surface area contributed by atoms with Gasteiger partial charge in [0.05, 0.1) is 0 Å². The number of anilines is 1. The number of hydrogen-bond donors (Lipinski definition) is 2.